The molecular weight excluding hydrogens is 287 g/mol. The van der Waals surface area contributed by atoms with E-state index in [9.17, 15) is 9.50 Å². The van der Waals surface area contributed by atoms with E-state index < -0.39 is 5.82 Å². The van der Waals surface area contributed by atoms with E-state index >= 15 is 0 Å². The van der Waals surface area contributed by atoms with E-state index in [1.165, 1.54) is 0 Å². The van der Waals surface area contributed by atoms with Crippen LogP contribution in [0.5, 0.6) is 5.75 Å². The monoisotopic (exact) mass is 302 g/mol. The van der Waals surface area contributed by atoms with Gasteiger partial charge in [-0.05, 0) is 34.0 Å². The second-order valence-electron chi connectivity index (χ2n) is 4.24. The first-order chi connectivity index (χ1) is 8.16. The average Bonchev–Trinajstić information content (AvgIpc) is 2.33. The predicted molar refractivity (Wildman–Crippen MR) is 68.8 cm³/mol. The first kappa shape index (κ1) is 12.8. The highest BCUT2D eigenvalue weighted by Crippen LogP contribution is 2.25. The molecule has 0 unspecified atom stereocenters. The molecule has 1 aromatic rings. The Morgan fingerprint density at radius 1 is 1.35 bits per heavy atom. The van der Waals surface area contributed by atoms with Crippen LogP contribution in [0.4, 0.5) is 4.39 Å². The Kier molecular flexibility index (Phi) is 4.36. The van der Waals surface area contributed by atoms with Gasteiger partial charge in [-0.15, -0.1) is 0 Å². The van der Waals surface area contributed by atoms with E-state index in [1.54, 1.807) is 6.07 Å². The SMILES string of the molecule is Oc1cc(F)c(Br)cc1CCN1CCNCC1. The van der Waals surface area contributed by atoms with E-state index in [0.29, 0.717) is 4.47 Å². The van der Waals surface area contributed by atoms with E-state index in [2.05, 4.69) is 26.1 Å². The fraction of sp³-hybridized carbons (Fsp3) is 0.500. The molecule has 0 saturated carbocycles. The van der Waals surface area contributed by atoms with Gasteiger partial charge in [0, 0.05) is 38.8 Å². The minimum absolute atomic E-state index is 0.0424. The van der Waals surface area contributed by atoms with Crippen LogP contribution in [0.1, 0.15) is 5.56 Å². The van der Waals surface area contributed by atoms with Gasteiger partial charge in [0.25, 0.3) is 0 Å². The van der Waals surface area contributed by atoms with Crippen molar-refractivity contribution in [1.29, 1.82) is 0 Å². The lowest BCUT2D eigenvalue weighted by atomic mass is 10.1. The van der Waals surface area contributed by atoms with Crippen molar-refractivity contribution in [2.75, 3.05) is 32.7 Å². The number of nitrogens with zero attached hydrogens (tertiary/aromatic N) is 1. The lowest BCUT2D eigenvalue weighted by Gasteiger charge is -2.27. The van der Waals surface area contributed by atoms with Gasteiger partial charge in [0.2, 0.25) is 0 Å². The van der Waals surface area contributed by atoms with Crippen molar-refractivity contribution in [2.24, 2.45) is 0 Å². The Labute approximate surface area is 109 Å². The van der Waals surface area contributed by atoms with Crippen LogP contribution in [0.3, 0.4) is 0 Å². The maximum absolute atomic E-state index is 13.1. The zero-order valence-electron chi connectivity index (χ0n) is 9.55. The summed E-state index contributed by atoms with van der Waals surface area (Å²) in [6, 6.07) is 2.82. The number of phenolic OH excluding ortho intramolecular Hbond substituents is 1. The molecule has 1 heterocycles. The third-order valence-corrected chi connectivity index (χ3v) is 3.64. The minimum Gasteiger partial charge on any atom is -0.508 e. The summed E-state index contributed by atoms with van der Waals surface area (Å²) < 4.78 is 13.5. The lowest BCUT2D eigenvalue weighted by molar-refractivity contribution is 0.243. The van der Waals surface area contributed by atoms with E-state index in [0.717, 1.165) is 50.8 Å². The second-order valence-corrected chi connectivity index (χ2v) is 5.09. The van der Waals surface area contributed by atoms with Crippen LogP contribution in [-0.4, -0.2) is 42.7 Å². The van der Waals surface area contributed by atoms with Crippen LogP contribution in [0.2, 0.25) is 0 Å². The molecule has 0 aromatic heterocycles. The molecule has 1 aromatic carbocycles. The van der Waals surface area contributed by atoms with Crippen molar-refractivity contribution in [3.63, 3.8) is 0 Å². The number of hydrogen-bond donors (Lipinski definition) is 2. The maximum atomic E-state index is 13.1. The molecule has 1 aliphatic rings. The highest BCUT2D eigenvalue weighted by molar-refractivity contribution is 9.10. The molecule has 0 aliphatic carbocycles. The quantitative estimate of drug-likeness (QED) is 0.893. The van der Waals surface area contributed by atoms with Crippen molar-refractivity contribution in [3.8, 4) is 5.75 Å². The number of nitrogens with one attached hydrogen (secondary N) is 1. The number of piperazine rings is 1. The first-order valence-electron chi connectivity index (χ1n) is 5.77. The Balaban J connectivity index is 1.96. The standard InChI is InChI=1S/C12H16BrFN2O/c13-10-7-9(12(17)8-11(10)14)1-4-16-5-2-15-3-6-16/h7-8,15,17H,1-6H2. The number of phenols is 1. The van der Waals surface area contributed by atoms with Crippen LogP contribution in [0.15, 0.2) is 16.6 Å². The largest absolute Gasteiger partial charge is 0.508 e. The number of aromatic hydroxyl groups is 1. The van der Waals surface area contributed by atoms with Crippen molar-refractivity contribution in [1.82, 2.24) is 10.2 Å². The van der Waals surface area contributed by atoms with Gasteiger partial charge in [-0.1, -0.05) is 0 Å². The Morgan fingerprint density at radius 3 is 2.76 bits per heavy atom. The highest BCUT2D eigenvalue weighted by atomic mass is 79.9. The van der Waals surface area contributed by atoms with Gasteiger partial charge in [0.15, 0.2) is 0 Å². The number of halogens is 2. The third kappa shape index (κ3) is 3.40. The maximum Gasteiger partial charge on any atom is 0.141 e. The molecular formula is C12H16BrFN2O. The molecule has 2 rings (SSSR count). The third-order valence-electron chi connectivity index (χ3n) is 3.03. The predicted octanol–water partition coefficient (Wildman–Crippen LogP) is 1.74. The first-order valence-corrected chi connectivity index (χ1v) is 6.56. The topological polar surface area (TPSA) is 35.5 Å². The summed E-state index contributed by atoms with van der Waals surface area (Å²) in [6.45, 7) is 4.98. The van der Waals surface area contributed by atoms with Crippen LogP contribution in [0, 0.1) is 5.82 Å². The van der Waals surface area contributed by atoms with Gasteiger partial charge < -0.3 is 15.3 Å². The molecule has 1 fully saturated rings. The Bertz CT molecular complexity index is 394. The summed E-state index contributed by atoms with van der Waals surface area (Å²) in [7, 11) is 0. The minimum atomic E-state index is -0.423. The molecule has 17 heavy (non-hydrogen) atoms. The number of hydrogen-bond acceptors (Lipinski definition) is 3. The van der Waals surface area contributed by atoms with Crippen LogP contribution in [0.25, 0.3) is 0 Å². The van der Waals surface area contributed by atoms with Crippen molar-refractivity contribution in [2.45, 2.75) is 6.42 Å². The zero-order valence-corrected chi connectivity index (χ0v) is 11.1. The fourth-order valence-electron chi connectivity index (χ4n) is 1.99. The molecule has 5 heteroatoms. The highest BCUT2D eigenvalue weighted by Gasteiger charge is 2.12. The van der Waals surface area contributed by atoms with E-state index in [4.69, 9.17) is 0 Å². The van der Waals surface area contributed by atoms with Gasteiger partial charge in [0.05, 0.1) is 4.47 Å². The number of rotatable bonds is 3. The molecule has 3 nitrogen and oxygen atoms in total. The molecule has 0 atom stereocenters. The summed E-state index contributed by atoms with van der Waals surface area (Å²) >= 11 is 3.14. The molecule has 94 valence electrons. The van der Waals surface area contributed by atoms with Gasteiger partial charge in [-0.2, -0.15) is 0 Å². The average molecular weight is 303 g/mol. The van der Waals surface area contributed by atoms with Crippen molar-refractivity contribution < 1.29 is 9.50 Å². The molecule has 1 saturated heterocycles. The second kappa shape index (κ2) is 5.80. The van der Waals surface area contributed by atoms with E-state index in [-0.39, 0.29) is 5.75 Å². The van der Waals surface area contributed by atoms with Crippen LogP contribution in [-0.2, 0) is 6.42 Å². The van der Waals surface area contributed by atoms with Crippen LogP contribution >= 0.6 is 15.9 Å². The molecule has 0 amide bonds. The molecule has 0 radical (unpaired) electrons. The number of benzene rings is 1. The van der Waals surface area contributed by atoms with Gasteiger partial charge in [-0.25, -0.2) is 4.39 Å². The normalized spacial score (nSPS) is 17.3. The zero-order chi connectivity index (χ0) is 12.3. The summed E-state index contributed by atoms with van der Waals surface area (Å²) in [5, 5.41) is 12.9. The van der Waals surface area contributed by atoms with Crippen LogP contribution < -0.4 is 5.32 Å². The summed E-state index contributed by atoms with van der Waals surface area (Å²) in [6.07, 6.45) is 0.741. The summed E-state index contributed by atoms with van der Waals surface area (Å²) in [4.78, 5) is 2.34. The fourth-order valence-corrected chi connectivity index (χ4v) is 2.38. The summed E-state index contributed by atoms with van der Waals surface area (Å²) in [5.41, 5.74) is 0.789. The van der Waals surface area contributed by atoms with Gasteiger partial charge in [-0.3, -0.25) is 0 Å². The smallest absolute Gasteiger partial charge is 0.141 e. The van der Waals surface area contributed by atoms with Gasteiger partial charge in [0.1, 0.15) is 11.6 Å². The molecule has 0 spiro atoms. The lowest BCUT2D eigenvalue weighted by Crippen LogP contribution is -2.44. The summed E-state index contributed by atoms with van der Waals surface area (Å²) in [5.74, 6) is -0.380. The van der Waals surface area contributed by atoms with Crippen molar-refractivity contribution in [3.05, 3.63) is 28.0 Å². The van der Waals surface area contributed by atoms with E-state index in [1.807, 2.05) is 0 Å². The molecule has 2 N–H and O–H groups in total. The molecule has 1 aliphatic heterocycles. The molecule has 0 bridgehead atoms. The Morgan fingerprint density at radius 2 is 2.06 bits per heavy atom. The Hall–Kier alpha value is -0.650. The van der Waals surface area contributed by atoms with Gasteiger partial charge >= 0.3 is 0 Å². The van der Waals surface area contributed by atoms with Crippen molar-refractivity contribution >= 4 is 15.9 Å².